The fourth-order valence-electron chi connectivity index (χ4n) is 1.63. The number of nitrogens with zero attached hydrogens (tertiary/aromatic N) is 2. The number of anilines is 1. The van der Waals surface area contributed by atoms with E-state index in [1.165, 1.54) is 12.1 Å². The molecule has 0 atom stereocenters. The van der Waals surface area contributed by atoms with Crippen molar-refractivity contribution in [3.05, 3.63) is 47.4 Å². The molecule has 20 heavy (non-hydrogen) atoms. The molecule has 2 aromatic rings. The maximum absolute atomic E-state index is 12.5. The molecule has 0 aliphatic heterocycles. The number of alkyl halides is 3. The minimum atomic E-state index is -4.40. The van der Waals surface area contributed by atoms with Crippen LogP contribution < -0.4 is 10.5 Å². The van der Waals surface area contributed by atoms with Gasteiger partial charge in [-0.2, -0.15) is 13.2 Å². The lowest BCUT2D eigenvalue weighted by atomic mass is 10.2. The Morgan fingerprint density at radius 2 is 1.95 bits per heavy atom. The van der Waals surface area contributed by atoms with Gasteiger partial charge in [0, 0.05) is 11.8 Å². The third kappa shape index (κ3) is 3.59. The van der Waals surface area contributed by atoms with Crippen LogP contribution in [0.15, 0.2) is 30.3 Å². The Bertz CT molecular complexity index is 594. The van der Waals surface area contributed by atoms with Crippen LogP contribution in [0.5, 0.6) is 5.75 Å². The second-order valence-electron chi connectivity index (χ2n) is 4.16. The van der Waals surface area contributed by atoms with Gasteiger partial charge >= 0.3 is 6.18 Å². The Morgan fingerprint density at radius 1 is 1.20 bits per heavy atom. The standard InChI is InChI=1S/C13H12F3N3O/c1-8-5-11(17)19-12(18-8)7-20-10-4-2-3-9(6-10)13(14,15)16/h2-6H,7H2,1H3,(H2,17,18,19). The molecule has 0 fully saturated rings. The summed E-state index contributed by atoms with van der Waals surface area (Å²) >= 11 is 0. The molecule has 0 saturated heterocycles. The van der Waals surface area contributed by atoms with Gasteiger partial charge in [0.1, 0.15) is 18.2 Å². The van der Waals surface area contributed by atoms with E-state index < -0.39 is 11.7 Å². The van der Waals surface area contributed by atoms with Crippen LogP contribution >= 0.6 is 0 Å². The molecule has 0 saturated carbocycles. The highest BCUT2D eigenvalue weighted by Gasteiger charge is 2.30. The van der Waals surface area contributed by atoms with E-state index in [1.807, 2.05) is 0 Å². The number of rotatable bonds is 3. The molecule has 7 heteroatoms. The van der Waals surface area contributed by atoms with Crippen molar-refractivity contribution in [1.82, 2.24) is 9.97 Å². The van der Waals surface area contributed by atoms with Gasteiger partial charge in [0.2, 0.25) is 0 Å². The van der Waals surface area contributed by atoms with Crippen LogP contribution in [0.2, 0.25) is 0 Å². The molecule has 0 aliphatic rings. The van der Waals surface area contributed by atoms with Crippen LogP contribution in [-0.2, 0) is 12.8 Å². The highest BCUT2D eigenvalue weighted by molar-refractivity contribution is 5.31. The summed E-state index contributed by atoms with van der Waals surface area (Å²) in [6, 6.07) is 6.22. The number of benzene rings is 1. The summed E-state index contributed by atoms with van der Waals surface area (Å²) in [6.07, 6.45) is -4.40. The smallest absolute Gasteiger partial charge is 0.416 e. The Morgan fingerprint density at radius 3 is 2.60 bits per heavy atom. The van der Waals surface area contributed by atoms with Crippen molar-refractivity contribution in [2.45, 2.75) is 19.7 Å². The first-order valence-electron chi connectivity index (χ1n) is 5.75. The number of aromatic nitrogens is 2. The Labute approximate surface area is 113 Å². The van der Waals surface area contributed by atoms with Crippen molar-refractivity contribution in [1.29, 1.82) is 0 Å². The SMILES string of the molecule is Cc1cc(N)nc(COc2cccc(C(F)(F)F)c2)n1. The van der Waals surface area contributed by atoms with Crippen molar-refractivity contribution >= 4 is 5.82 Å². The van der Waals surface area contributed by atoms with E-state index in [0.29, 0.717) is 17.3 Å². The average Bonchev–Trinajstić information content (AvgIpc) is 2.35. The molecular formula is C13H12F3N3O. The highest BCUT2D eigenvalue weighted by atomic mass is 19.4. The second kappa shape index (κ2) is 5.36. The van der Waals surface area contributed by atoms with Gasteiger partial charge in [0.15, 0.2) is 5.82 Å². The van der Waals surface area contributed by atoms with Crippen LogP contribution in [0, 0.1) is 6.92 Å². The summed E-state index contributed by atoms with van der Waals surface area (Å²) in [4.78, 5) is 8.02. The normalized spacial score (nSPS) is 11.4. The van der Waals surface area contributed by atoms with E-state index in [-0.39, 0.29) is 12.4 Å². The molecule has 106 valence electrons. The summed E-state index contributed by atoms with van der Waals surface area (Å²) < 4.78 is 42.9. The zero-order valence-electron chi connectivity index (χ0n) is 10.6. The lowest BCUT2D eigenvalue weighted by Gasteiger charge is -2.10. The zero-order valence-corrected chi connectivity index (χ0v) is 10.6. The molecule has 1 heterocycles. The highest BCUT2D eigenvalue weighted by Crippen LogP contribution is 2.31. The van der Waals surface area contributed by atoms with Crippen LogP contribution in [-0.4, -0.2) is 9.97 Å². The number of hydrogen-bond donors (Lipinski definition) is 1. The average molecular weight is 283 g/mol. The fourth-order valence-corrected chi connectivity index (χ4v) is 1.63. The molecule has 1 aromatic heterocycles. The van der Waals surface area contributed by atoms with Crippen molar-refractivity contribution < 1.29 is 17.9 Å². The predicted molar refractivity (Wildman–Crippen MR) is 67.0 cm³/mol. The van der Waals surface area contributed by atoms with E-state index in [1.54, 1.807) is 13.0 Å². The molecule has 0 radical (unpaired) electrons. The maximum Gasteiger partial charge on any atom is 0.416 e. The van der Waals surface area contributed by atoms with Gasteiger partial charge in [-0.25, -0.2) is 9.97 Å². The topological polar surface area (TPSA) is 61.0 Å². The fraction of sp³-hybridized carbons (Fsp3) is 0.231. The first-order valence-corrected chi connectivity index (χ1v) is 5.75. The van der Waals surface area contributed by atoms with Crippen molar-refractivity contribution in [3.63, 3.8) is 0 Å². The van der Waals surface area contributed by atoms with Gasteiger partial charge in [-0.05, 0) is 25.1 Å². The monoisotopic (exact) mass is 283 g/mol. The minimum Gasteiger partial charge on any atom is -0.486 e. The quantitative estimate of drug-likeness (QED) is 0.940. The summed E-state index contributed by atoms with van der Waals surface area (Å²) in [5, 5.41) is 0. The van der Waals surface area contributed by atoms with E-state index in [4.69, 9.17) is 10.5 Å². The largest absolute Gasteiger partial charge is 0.486 e. The minimum absolute atomic E-state index is 0.0484. The third-order valence-corrected chi connectivity index (χ3v) is 2.45. The molecule has 2 N–H and O–H groups in total. The lowest BCUT2D eigenvalue weighted by molar-refractivity contribution is -0.137. The third-order valence-electron chi connectivity index (χ3n) is 2.45. The van der Waals surface area contributed by atoms with Gasteiger partial charge in [-0.3, -0.25) is 0 Å². The van der Waals surface area contributed by atoms with Crippen molar-refractivity contribution in [2.24, 2.45) is 0 Å². The zero-order chi connectivity index (χ0) is 14.8. The van der Waals surface area contributed by atoms with Gasteiger partial charge < -0.3 is 10.5 Å². The summed E-state index contributed by atoms with van der Waals surface area (Å²) in [5.74, 6) is 0.712. The van der Waals surface area contributed by atoms with Crippen LogP contribution in [0.4, 0.5) is 19.0 Å². The first kappa shape index (κ1) is 14.1. The summed E-state index contributed by atoms with van der Waals surface area (Å²) in [7, 11) is 0. The van der Waals surface area contributed by atoms with E-state index in [9.17, 15) is 13.2 Å². The van der Waals surface area contributed by atoms with E-state index >= 15 is 0 Å². The number of aryl methyl sites for hydroxylation is 1. The second-order valence-corrected chi connectivity index (χ2v) is 4.16. The molecule has 0 amide bonds. The molecule has 0 aliphatic carbocycles. The molecule has 0 unspecified atom stereocenters. The molecule has 2 rings (SSSR count). The molecule has 4 nitrogen and oxygen atoms in total. The summed E-state index contributed by atoms with van der Waals surface area (Å²) in [5.41, 5.74) is 5.46. The van der Waals surface area contributed by atoms with Gasteiger partial charge in [-0.1, -0.05) is 6.07 Å². The molecule has 0 spiro atoms. The molecule has 1 aromatic carbocycles. The summed E-state index contributed by atoms with van der Waals surface area (Å²) in [6.45, 7) is 1.69. The van der Waals surface area contributed by atoms with Gasteiger partial charge in [-0.15, -0.1) is 0 Å². The number of hydrogen-bond acceptors (Lipinski definition) is 4. The van der Waals surface area contributed by atoms with Crippen molar-refractivity contribution in [2.75, 3.05) is 5.73 Å². The number of ether oxygens (including phenoxy) is 1. The van der Waals surface area contributed by atoms with Crippen LogP contribution in [0.25, 0.3) is 0 Å². The Hall–Kier alpha value is -2.31. The van der Waals surface area contributed by atoms with E-state index in [0.717, 1.165) is 12.1 Å². The van der Waals surface area contributed by atoms with Gasteiger partial charge in [0.25, 0.3) is 0 Å². The lowest BCUT2D eigenvalue weighted by Crippen LogP contribution is -2.07. The number of nitrogen functional groups attached to an aromatic ring is 1. The van der Waals surface area contributed by atoms with Crippen LogP contribution in [0.3, 0.4) is 0 Å². The van der Waals surface area contributed by atoms with E-state index in [2.05, 4.69) is 9.97 Å². The van der Waals surface area contributed by atoms with Crippen LogP contribution in [0.1, 0.15) is 17.1 Å². The maximum atomic E-state index is 12.5. The Balaban J connectivity index is 2.11. The molecular weight excluding hydrogens is 271 g/mol. The number of nitrogens with two attached hydrogens (primary N) is 1. The Kier molecular flexibility index (Phi) is 3.78. The van der Waals surface area contributed by atoms with Crippen molar-refractivity contribution in [3.8, 4) is 5.75 Å². The predicted octanol–water partition coefficient (Wildman–Crippen LogP) is 2.97. The molecule has 0 bridgehead atoms. The van der Waals surface area contributed by atoms with Gasteiger partial charge in [0.05, 0.1) is 5.56 Å². The number of halogens is 3. The first-order chi connectivity index (χ1) is 9.34.